The topological polar surface area (TPSA) is 81.2 Å². The summed E-state index contributed by atoms with van der Waals surface area (Å²) in [5.41, 5.74) is 1.54. The number of carbonyl (C=O) groups is 1. The van der Waals surface area contributed by atoms with Gasteiger partial charge >= 0.3 is 0 Å². The highest BCUT2D eigenvalue weighted by Crippen LogP contribution is 2.24. The molecule has 3 aromatic heterocycles. The molecule has 6 nitrogen and oxygen atoms in total. The van der Waals surface area contributed by atoms with Crippen LogP contribution in [0.1, 0.15) is 22.0 Å². The average molecular weight is 430 g/mol. The van der Waals surface area contributed by atoms with Crippen LogP contribution in [0.5, 0.6) is 0 Å². The van der Waals surface area contributed by atoms with Crippen molar-refractivity contribution in [1.29, 1.82) is 0 Å². The van der Waals surface area contributed by atoms with Gasteiger partial charge in [0.15, 0.2) is 10.4 Å². The molecule has 0 bridgehead atoms. The van der Waals surface area contributed by atoms with Crippen LogP contribution in [0.15, 0.2) is 67.5 Å². The number of hydrogen-bond acceptors (Lipinski definition) is 6. The van der Waals surface area contributed by atoms with E-state index in [0.717, 1.165) is 10.4 Å². The van der Waals surface area contributed by atoms with Crippen LogP contribution in [0, 0.1) is 0 Å². The van der Waals surface area contributed by atoms with Crippen molar-refractivity contribution in [3.05, 3.63) is 75.8 Å². The number of furan rings is 1. The summed E-state index contributed by atoms with van der Waals surface area (Å²) < 4.78 is 11.1. The summed E-state index contributed by atoms with van der Waals surface area (Å²) in [5.74, 6) is 0.949. The SMILES string of the molecule is O=C(Nc1ccccc1Cc1nc(-c2cccs2)no1)c1ccc(Br)o1. The largest absolute Gasteiger partial charge is 0.444 e. The van der Waals surface area contributed by atoms with Gasteiger partial charge in [-0.1, -0.05) is 29.4 Å². The highest BCUT2D eigenvalue weighted by Gasteiger charge is 2.15. The van der Waals surface area contributed by atoms with E-state index >= 15 is 0 Å². The number of halogens is 1. The molecule has 0 saturated heterocycles. The lowest BCUT2D eigenvalue weighted by molar-refractivity contribution is 0.0995. The van der Waals surface area contributed by atoms with Gasteiger partial charge < -0.3 is 14.3 Å². The molecule has 130 valence electrons. The van der Waals surface area contributed by atoms with Crippen molar-refractivity contribution in [2.75, 3.05) is 5.32 Å². The molecule has 0 atom stereocenters. The van der Waals surface area contributed by atoms with Gasteiger partial charge in [0.1, 0.15) is 0 Å². The predicted molar refractivity (Wildman–Crippen MR) is 101 cm³/mol. The molecule has 8 heteroatoms. The standard InChI is InChI=1S/C18H12BrN3O3S/c19-15-8-7-13(24-15)18(23)20-12-5-2-1-4-11(12)10-16-21-17(22-25-16)14-6-3-9-26-14/h1-9H,10H2,(H,20,23). The van der Waals surface area contributed by atoms with E-state index in [1.807, 2.05) is 41.8 Å². The smallest absolute Gasteiger partial charge is 0.291 e. The van der Waals surface area contributed by atoms with Crippen LogP contribution in [0.2, 0.25) is 0 Å². The van der Waals surface area contributed by atoms with Gasteiger partial charge in [-0.15, -0.1) is 11.3 Å². The fraction of sp³-hybridized carbons (Fsp3) is 0.0556. The Labute approximate surface area is 161 Å². The molecule has 1 N–H and O–H groups in total. The van der Waals surface area contributed by atoms with Crippen molar-refractivity contribution < 1.29 is 13.7 Å². The highest BCUT2D eigenvalue weighted by atomic mass is 79.9. The number of thiophene rings is 1. The van der Waals surface area contributed by atoms with Crippen molar-refractivity contribution in [3.8, 4) is 10.7 Å². The van der Waals surface area contributed by atoms with Crippen molar-refractivity contribution in [2.45, 2.75) is 6.42 Å². The van der Waals surface area contributed by atoms with E-state index in [2.05, 4.69) is 31.4 Å². The summed E-state index contributed by atoms with van der Waals surface area (Å²) in [6.07, 6.45) is 0.413. The van der Waals surface area contributed by atoms with E-state index in [1.54, 1.807) is 23.5 Å². The molecule has 1 amide bonds. The molecule has 0 aliphatic heterocycles. The number of amides is 1. The van der Waals surface area contributed by atoms with E-state index in [-0.39, 0.29) is 11.7 Å². The van der Waals surface area contributed by atoms with Crippen molar-refractivity contribution in [1.82, 2.24) is 10.1 Å². The van der Waals surface area contributed by atoms with Crippen LogP contribution in [0.25, 0.3) is 10.7 Å². The lowest BCUT2D eigenvalue weighted by atomic mass is 10.1. The lowest BCUT2D eigenvalue weighted by Crippen LogP contribution is -2.12. The maximum Gasteiger partial charge on any atom is 0.291 e. The second kappa shape index (κ2) is 7.27. The Kier molecular flexibility index (Phi) is 4.68. The third-order valence-electron chi connectivity index (χ3n) is 3.61. The van der Waals surface area contributed by atoms with Crippen LogP contribution in [-0.2, 0) is 6.42 Å². The molecular formula is C18H12BrN3O3S. The maximum absolute atomic E-state index is 12.3. The lowest BCUT2D eigenvalue weighted by Gasteiger charge is -2.08. The second-order valence-electron chi connectivity index (χ2n) is 5.38. The second-order valence-corrected chi connectivity index (χ2v) is 7.11. The summed E-state index contributed by atoms with van der Waals surface area (Å²) >= 11 is 4.74. The first-order valence-corrected chi connectivity index (χ1v) is 9.37. The number of benzene rings is 1. The van der Waals surface area contributed by atoms with Gasteiger partial charge in [-0.25, -0.2) is 0 Å². The first-order chi connectivity index (χ1) is 12.7. The molecule has 1 aromatic carbocycles. The maximum atomic E-state index is 12.3. The molecule has 4 rings (SSSR count). The quantitative estimate of drug-likeness (QED) is 0.482. The Morgan fingerprint density at radius 3 is 2.81 bits per heavy atom. The molecule has 0 aliphatic rings. The summed E-state index contributed by atoms with van der Waals surface area (Å²) in [6, 6.07) is 14.6. The fourth-order valence-electron chi connectivity index (χ4n) is 2.41. The summed E-state index contributed by atoms with van der Waals surface area (Å²) in [4.78, 5) is 17.7. The van der Waals surface area contributed by atoms with Gasteiger partial charge in [0.2, 0.25) is 11.7 Å². The van der Waals surface area contributed by atoms with E-state index in [0.29, 0.717) is 28.5 Å². The van der Waals surface area contributed by atoms with E-state index in [4.69, 9.17) is 8.94 Å². The zero-order valence-electron chi connectivity index (χ0n) is 13.3. The fourth-order valence-corrected chi connectivity index (χ4v) is 3.37. The van der Waals surface area contributed by atoms with Gasteiger partial charge in [0.25, 0.3) is 5.91 Å². The first-order valence-electron chi connectivity index (χ1n) is 7.70. The Bertz CT molecular complexity index is 1040. The number of nitrogens with one attached hydrogen (secondary N) is 1. The van der Waals surface area contributed by atoms with Gasteiger partial charge in [-0.05, 0) is 51.1 Å². The van der Waals surface area contributed by atoms with E-state index in [1.165, 1.54) is 0 Å². The Morgan fingerprint density at radius 1 is 1.15 bits per heavy atom. The zero-order chi connectivity index (χ0) is 17.9. The number of para-hydroxylation sites is 1. The summed E-state index contributed by atoms with van der Waals surface area (Å²) in [7, 11) is 0. The molecule has 0 aliphatic carbocycles. The van der Waals surface area contributed by atoms with Gasteiger partial charge in [0, 0.05) is 5.69 Å². The molecular weight excluding hydrogens is 418 g/mol. The van der Waals surface area contributed by atoms with Crippen LogP contribution in [0.3, 0.4) is 0 Å². The molecule has 3 heterocycles. The van der Waals surface area contributed by atoms with Crippen LogP contribution in [-0.4, -0.2) is 16.0 Å². The molecule has 0 spiro atoms. The monoisotopic (exact) mass is 429 g/mol. The molecule has 0 saturated carbocycles. The zero-order valence-corrected chi connectivity index (χ0v) is 15.7. The molecule has 0 fully saturated rings. The summed E-state index contributed by atoms with van der Waals surface area (Å²) in [6.45, 7) is 0. The number of nitrogens with zero attached hydrogens (tertiary/aromatic N) is 2. The minimum absolute atomic E-state index is 0.226. The first kappa shape index (κ1) is 16.7. The third kappa shape index (κ3) is 3.61. The molecule has 0 unspecified atom stereocenters. The van der Waals surface area contributed by atoms with Crippen molar-refractivity contribution in [2.24, 2.45) is 0 Å². The minimum Gasteiger partial charge on any atom is -0.444 e. The number of anilines is 1. The van der Waals surface area contributed by atoms with Gasteiger partial charge in [0.05, 0.1) is 11.3 Å². The van der Waals surface area contributed by atoms with E-state index in [9.17, 15) is 4.79 Å². The highest BCUT2D eigenvalue weighted by molar-refractivity contribution is 9.10. The van der Waals surface area contributed by atoms with Crippen molar-refractivity contribution in [3.63, 3.8) is 0 Å². The Morgan fingerprint density at radius 2 is 2.04 bits per heavy atom. The molecule has 26 heavy (non-hydrogen) atoms. The summed E-state index contributed by atoms with van der Waals surface area (Å²) in [5, 5.41) is 8.83. The minimum atomic E-state index is -0.326. The molecule has 4 aromatic rings. The number of carbonyl (C=O) groups excluding carboxylic acids is 1. The number of rotatable bonds is 5. The third-order valence-corrected chi connectivity index (χ3v) is 4.91. The van der Waals surface area contributed by atoms with Gasteiger partial charge in [-0.3, -0.25) is 4.79 Å². The Balaban J connectivity index is 1.53. The van der Waals surface area contributed by atoms with Crippen LogP contribution < -0.4 is 5.32 Å². The van der Waals surface area contributed by atoms with Gasteiger partial charge in [-0.2, -0.15) is 4.98 Å². The van der Waals surface area contributed by atoms with Crippen LogP contribution in [0.4, 0.5) is 5.69 Å². The predicted octanol–water partition coefficient (Wildman–Crippen LogP) is 5.00. The Hall–Kier alpha value is -2.71. The van der Waals surface area contributed by atoms with Crippen LogP contribution >= 0.6 is 27.3 Å². The normalized spacial score (nSPS) is 10.8. The number of aromatic nitrogens is 2. The number of hydrogen-bond donors (Lipinski definition) is 1. The van der Waals surface area contributed by atoms with Crippen molar-refractivity contribution >= 4 is 38.9 Å². The average Bonchev–Trinajstić information content (AvgIpc) is 3.37. The van der Waals surface area contributed by atoms with E-state index < -0.39 is 0 Å². The molecule has 0 radical (unpaired) electrons.